The van der Waals surface area contributed by atoms with E-state index in [1.807, 2.05) is 29.2 Å². The molecule has 22 heavy (non-hydrogen) atoms. The maximum absolute atomic E-state index is 12.1. The molecule has 1 saturated heterocycles. The van der Waals surface area contributed by atoms with Gasteiger partial charge in [-0.15, -0.1) is 0 Å². The quantitative estimate of drug-likeness (QED) is 0.808. The Bertz CT molecular complexity index is 524. The van der Waals surface area contributed by atoms with Crippen molar-refractivity contribution in [3.05, 3.63) is 29.8 Å². The van der Waals surface area contributed by atoms with Gasteiger partial charge in [-0.05, 0) is 18.9 Å². The molecule has 1 aromatic carbocycles. The van der Waals surface area contributed by atoms with Gasteiger partial charge in [0.1, 0.15) is 5.75 Å². The molecule has 1 heterocycles. The lowest BCUT2D eigenvalue weighted by molar-refractivity contribution is -0.133. The molecule has 5 heteroatoms. The number of para-hydroxylation sites is 1. The van der Waals surface area contributed by atoms with E-state index in [4.69, 9.17) is 4.74 Å². The van der Waals surface area contributed by atoms with E-state index in [2.05, 4.69) is 0 Å². The fourth-order valence-electron chi connectivity index (χ4n) is 2.74. The van der Waals surface area contributed by atoms with E-state index in [1.165, 1.54) is 6.92 Å². The van der Waals surface area contributed by atoms with Crippen LogP contribution < -0.4 is 4.74 Å². The third-order valence-electron chi connectivity index (χ3n) is 4.05. The molecular weight excluding hydrogens is 280 g/mol. The summed E-state index contributed by atoms with van der Waals surface area (Å²) in [4.78, 5) is 27.5. The fourth-order valence-corrected chi connectivity index (χ4v) is 2.74. The van der Waals surface area contributed by atoms with Crippen LogP contribution in [-0.4, -0.2) is 48.4 Å². The van der Waals surface area contributed by atoms with Gasteiger partial charge in [0.15, 0.2) is 0 Å². The molecule has 0 unspecified atom stereocenters. The third-order valence-corrected chi connectivity index (χ3v) is 4.05. The molecule has 120 valence electrons. The zero-order chi connectivity index (χ0) is 15.9. The first-order chi connectivity index (χ1) is 10.6. The molecule has 1 aliphatic heterocycles. The molecule has 0 spiro atoms. The molecule has 1 aliphatic rings. The molecule has 1 aromatic rings. The van der Waals surface area contributed by atoms with E-state index in [0.29, 0.717) is 19.5 Å². The predicted molar refractivity (Wildman–Crippen MR) is 84.5 cm³/mol. The van der Waals surface area contributed by atoms with Gasteiger partial charge in [-0.3, -0.25) is 9.59 Å². The minimum absolute atomic E-state index is 0.0277. The van der Waals surface area contributed by atoms with Crippen LogP contribution in [0.25, 0.3) is 0 Å². The summed E-state index contributed by atoms with van der Waals surface area (Å²) in [6.45, 7) is 4.15. The maximum atomic E-state index is 12.1. The third kappa shape index (κ3) is 4.23. The van der Waals surface area contributed by atoms with E-state index in [9.17, 15) is 9.59 Å². The summed E-state index contributed by atoms with van der Waals surface area (Å²) in [5, 5.41) is 0. The molecule has 5 nitrogen and oxygen atoms in total. The van der Waals surface area contributed by atoms with Crippen molar-refractivity contribution in [2.24, 2.45) is 0 Å². The van der Waals surface area contributed by atoms with Gasteiger partial charge in [-0.2, -0.15) is 0 Å². The molecule has 0 radical (unpaired) electrons. The Labute approximate surface area is 131 Å². The van der Waals surface area contributed by atoms with E-state index in [0.717, 1.165) is 37.2 Å². The van der Waals surface area contributed by atoms with Crippen LogP contribution >= 0.6 is 0 Å². The highest BCUT2D eigenvalue weighted by Crippen LogP contribution is 2.19. The van der Waals surface area contributed by atoms with Crippen LogP contribution in [0.4, 0.5) is 0 Å². The lowest BCUT2D eigenvalue weighted by Crippen LogP contribution is -2.34. The smallest absolute Gasteiger partial charge is 0.224 e. The number of carbonyl (C=O) groups is 2. The largest absolute Gasteiger partial charge is 0.496 e. The Morgan fingerprint density at radius 2 is 1.91 bits per heavy atom. The molecule has 0 bridgehead atoms. The van der Waals surface area contributed by atoms with Crippen molar-refractivity contribution in [2.75, 3.05) is 26.7 Å². The molecule has 0 atom stereocenters. The average molecular weight is 304 g/mol. The standard InChI is InChI=1S/C17H24N2O3/c1-14(20)19(12-9-17(21)18-10-5-6-11-18)13-15-7-3-4-8-16(15)22-2/h3-4,7-8H,5-6,9-13H2,1-2H3. The summed E-state index contributed by atoms with van der Waals surface area (Å²) in [5.41, 5.74) is 0.953. The number of methoxy groups -OCH3 is 1. The van der Waals surface area contributed by atoms with Gasteiger partial charge >= 0.3 is 0 Å². The Balaban J connectivity index is 1.95. The van der Waals surface area contributed by atoms with Crippen molar-refractivity contribution in [1.82, 2.24) is 9.80 Å². The van der Waals surface area contributed by atoms with Crippen LogP contribution in [0.3, 0.4) is 0 Å². The number of hydrogen-bond donors (Lipinski definition) is 0. The molecule has 0 N–H and O–H groups in total. The van der Waals surface area contributed by atoms with Crippen LogP contribution in [0.2, 0.25) is 0 Å². The molecule has 1 fully saturated rings. The number of amides is 2. The highest BCUT2D eigenvalue weighted by molar-refractivity contribution is 5.78. The zero-order valence-corrected chi connectivity index (χ0v) is 13.4. The van der Waals surface area contributed by atoms with Gasteiger partial charge in [0.25, 0.3) is 0 Å². The Morgan fingerprint density at radius 3 is 2.55 bits per heavy atom. The van der Waals surface area contributed by atoms with Crippen molar-refractivity contribution in [3.63, 3.8) is 0 Å². The lowest BCUT2D eigenvalue weighted by Gasteiger charge is -2.23. The monoisotopic (exact) mass is 304 g/mol. The highest BCUT2D eigenvalue weighted by Gasteiger charge is 2.20. The first kappa shape index (κ1) is 16.3. The van der Waals surface area contributed by atoms with E-state index in [-0.39, 0.29) is 11.8 Å². The number of likely N-dealkylation sites (tertiary alicyclic amines) is 1. The predicted octanol–water partition coefficient (Wildman–Crippen LogP) is 2.06. The summed E-state index contributed by atoms with van der Waals surface area (Å²) in [7, 11) is 1.62. The average Bonchev–Trinajstić information content (AvgIpc) is 3.05. The molecule has 0 aromatic heterocycles. The molecule has 2 rings (SSSR count). The Kier molecular flexibility index (Phi) is 5.81. The Morgan fingerprint density at radius 1 is 1.23 bits per heavy atom. The fraction of sp³-hybridized carbons (Fsp3) is 0.529. The van der Waals surface area contributed by atoms with Gasteiger partial charge in [0.2, 0.25) is 11.8 Å². The number of rotatable bonds is 6. The van der Waals surface area contributed by atoms with Gasteiger partial charge < -0.3 is 14.5 Å². The molecule has 0 saturated carbocycles. The first-order valence-electron chi connectivity index (χ1n) is 7.77. The summed E-state index contributed by atoms with van der Waals surface area (Å²) >= 11 is 0. The molecular formula is C17H24N2O3. The minimum Gasteiger partial charge on any atom is -0.496 e. The molecule has 0 aliphatic carbocycles. The van der Waals surface area contributed by atoms with Crippen LogP contribution in [0.1, 0.15) is 31.7 Å². The van der Waals surface area contributed by atoms with Crippen LogP contribution in [-0.2, 0) is 16.1 Å². The van der Waals surface area contributed by atoms with Crippen molar-refractivity contribution in [1.29, 1.82) is 0 Å². The second-order valence-corrected chi connectivity index (χ2v) is 5.59. The maximum Gasteiger partial charge on any atom is 0.224 e. The summed E-state index contributed by atoms with van der Waals surface area (Å²) in [5.74, 6) is 0.878. The van der Waals surface area contributed by atoms with Gasteiger partial charge in [0, 0.05) is 45.1 Å². The minimum atomic E-state index is -0.0277. The normalized spacial score (nSPS) is 14.0. The van der Waals surface area contributed by atoms with Crippen LogP contribution in [0.5, 0.6) is 5.75 Å². The van der Waals surface area contributed by atoms with Crippen LogP contribution in [0, 0.1) is 0 Å². The van der Waals surface area contributed by atoms with Crippen molar-refractivity contribution < 1.29 is 14.3 Å². The van der Waals surface area contributed by atoms with Crippen molar-refractivity contribution >= 4 is 11.8 Å². The number of benzene rings is 1. The first-order valence-corrected chi connectivity index (χ1v) is 7.77. The topological polar surface area (TPSA) is 49.9 Å². The van der Waals surface area contributed by atoms with Gasteiger partial charge in [-0.1, -0.05) is 18.2 Å². The second-order valence-electron chi connectivity index (χ2n) is 5.59. The van der Waals surface area contributed by atoms with Gasteiger partial charge in [0.05, 0.1) is 7.11 Å². The van der Waals surface area contributed by atoms with Crippen molar-refractivity contribution in [3.8, 4) is 5.75 Å². The van der Waals surface area contributed by atoms with E-state index < -0.39 is 0 Å². The van der Waals surface area contributed by atoms with E-state index in [1.54, 1.807) is 12.0 Å². The second kappa shape index (κ2) is 7.82. The molecule has 2 amide bonds. The number of carbonyl (C=O) groups excluding carboxylic acids is 2. The lowest BCUT2D eigenvalue weighted by atomic mass is 10.2. The van der Waals surface area contributed by atoms with Gasteiger partial charge in [-0.25, -0.2) is 0 Å². The zero-order valence-electron chi connectivity index (χ0n) is 13.4. The van der Waals surface area contributed by atoms with Crippen LogP contribution in [0.15, 0.2) is 24.3 Å². The Hall–Kier alpha value is -2.04. The SMILES string of the molecule is COc1ccccc1CN(CCC(=O)N1CCCC1)C(C)=O. The van der Waals surface area contributed by atoms with Crippen molar-refractivity contribution in [2.45, 2.75) is 32.7 Å². The number of nitrogens with zero attached hydrogens (tertiary/aromatic N) is 2. The summed E-state index contributed by atoms with van der Waals surface area (Å²) in [6.07, 6.45) is 2.56. The summed E-state index contributed by atoms with van der Waals surface area (Å²) in [6, 6.07) is 7.64. The number of ether oxygens (including phenoxy) is 1. The number of hydrogen-bond acceptors (Lipinski definition) is 3. The van der Waals surface area contributed by atoms with E-state index >= 15 is 0 Å². The summed E-state index contributed by atoms with van der Waals surface area (Å²) < 4.78 is 5.32. The highest BCUT2D eigenvalue weighted by atomic mass is 16.5.